The van der Waals surface area contributed by atoms with Gasteiger partial charge in [0.1, 0.15) is 11.9 Å². The summed E-state index contributed by atoms with van der Waals surface area (Å²) in [4.78, 5) is 6.84. The Bertz CT molecular complexity index is 1060. The topological polar surface area (TPSA) is 108 Å². The molecule has 2 aliphatic heterocycles. The minimum Gasteiger partial charge on any atom is -0.379 e. The van der Waals surface area contributed by atoms with Crippen LogP contribution in [0.4, 0.5) is 5.82 Å². The fourth-order valence-electron chi connectivity index (χ4n) is 5.78. The predicted molar refractivity (Wildman–Crippen MR) is 127 cm³/mol. The number of hydrazine groups is 1. The lowest BCUT2D eigenvalue weighted by atomic mass is 9.77. The van der Waals surface area contributed by atoms with Crippen LogP contribution in [-0.4, -0.2) is 53.6 Å². The summed E-state index contributed by atoms with van der Waals surface area (Å²) >= 11 is 0. The van der Waals surface area contributed by atoms with Gasteiger partial charge in [0.15, 0.2) is 0 Å². The molecule has 5 unspecified atom stereocenters. The van der Waals surface area contributed by atoms with Gasteiger partial charge in [-0.2, -0.15) is 15.5 Å². The molecule has 5 rings (SSSR count). The van der Waals surface area contributed by atoms with Crippen LogP contribution in [0, 0.1) is 31.1 Å². The van der Waals surface area contributed by atoms with Crippen molar-refractivity contribution >= 4 is 5.82 Å². The van der Waals surface area contributed by atoms with Gasteiger partial charge in [0.05, 0.1) is 41.8 Å². The molecule has 6 atom stereocenters. The molecule has 0 amide bonds. The van der Waals surface area contributed by atoms with E-state index in [0.29, 0.717) is 11.5 Å². The van der Waals surface area contributed by atoms with E-state index in [4.69, 9.17) is 9.47 Å². The van der Waals surface area contributed by atoms with E-state index in [1.54, 1.807) is 13.3 Å². The number of aryl methyl sites for hydroxylation is 2. The Labute approximate surface area is 200 Å². The molecule has 34 heavy (non-hydrogen) atoms. The van der Waals surface area contributed by atoms with Crippen molar-refractivity contribution in [3.63, 3.8) is 0 Å². The second-order valence-electron chi connectivity index (χ2n) is 9.72. The molecule has 0 radical (unpaired) electrons. The van der Waals surface area contributed by atoms with Crippen LogP contribution in [0.3, 0.4) is 0 Å². The highest BCUT2D eigenvalue weighted by Crippen LogP contribution is 2.42. The molecule has 2 aromatic heterocycles. The molecule has 2 saturated heterocycles. The summed E-state index contributed by atoms with van der Waals surface area (Å²) in [5, 5.41) is 18.0. The molecule has 180 valence electrons. The van der Waals surface area contributed by atoms with Crippen molar-refractivity contribution in [2.45, 2.75) is 70.4 Å². The molecule has 0 bridgehead atoms. The van der Waals surface area contributed by atoms with Crippen LogP contribution >= 0.6 is 0 Å². The lowest BCUT2D eigenvalue weighted by Gasteiger charge is -2.39. The zero-order valence-electron chi connectivity index (χ0n) is 20.3. The molecule has 0 spiro atoms. The minimum absolute atomic E-state index is 0.00579. The predicted octanol–water partition coefficient (Wildman–Crippen LogP) is 2.66. The first-order valence-electron chi connectivity index (χ1n) is 12.1. The van der Waals surface area contributed by atoms with Gasteiger partial charge in [-0.15, -0.1) is 0 Å². The van der Waals surface area contributed by atoms with Crippen molar-refractivity contribution in [1.29, 1.82) is 5.26 Å². The maximum atomic E-state index is 9.75. The number of hydrogen-bond acceptors (Lipinski definition) is 9. The van der Waals surface area contributed by atoms with Gasteiger partial charge >= 0.3 is 0 Å². The van der Waals surface area contributed by atoms with Gasteiger partial charge in [0.2, 0.25) is 0 Å². The number of anilines is 1. The normalized spacial score (nSPS) is 29.3. The smallest absolute Gasteiger partial charge is 0.146 e. The van der Waals surface area contributed by atoms with Crippen molar-refractivity contribution in [2.75, 3.05) is 25.1 Å². The fourth-order valence-corrected chi connectivity index (χ4v) is 5.78. The number of fused-ring (bicyclic) bond motifs is 1. The molecule has 2 aromatic rings. The quantitative estimate of drug-likeness (QED) is 0.668. The van der Waals surface area contributed by atoms with E-state index in [-0.39, 0.29) is 30.4 Å². The van der Waals surface area contributed by atoms with E-state index in [0.717, 1.165) is 60.6 Å². The maximum Gasteiger partial charge on any atom is 0.146 e. The van der Waals surface area contributed by atoms with Gasteiger partial charge in [0, 0.05) is 38.0 Å². The van der Waals surface area contributed by atoms with E-state index < -0.39 is 0 Å². The van der Waals surface area contributed by atoms with E-state index in [1.165, 1.54) is 0 Å². The molecule has 2 N–H and O–H groups in total. The number of rotatable bonds is 6. The van der Waals surface area contributed by atoms with Gasteiger partial charge in [-0.1, -0.05) is 0 Å². The van der Waals surface area contributed by atoms with Gasteiger partial charge in [-0.3, -0.25) is 5.43 Å². The summed E-state index contributed by atoms with van der Waals surface area (Å²) in [5.74, 6) is 1.10. The number of ether oxygens (including phenoxy) is 2. The Balaban J connectivity index is 1.36. The number of nitrogens with zero attached hydrogens (tertiary/aromatic N) is 5. The summed E-state index contributed by atoms with van der Waals surface area (Å²) in [5.41, 5.74) is 11.7. The van der Waals surface area contributed by atoms with Gasteiger partial charge in [-0.25, -0.2) is 10.4 Å². The third-order valence-corrected chi connectivity index (χ3v) is 7.66. The molecular formula is C25H33N7O2. The van der Waals surface area contributed by atoms with Crippen molar-refractivity contribution < 1.29 is 9.47 Å². The Morgan fingerprint density at radius 3 is 2.68 bits per heavy atom. The van der Waals surface area contributed by atoms with E-state index in [9.17, 15) is 5.26 Å². The lowest BCUT2D eigenvalue weighted by molar-refractivity contribution is -0.117. The zero-order chi connectivity index (χ0) is 23.8. The molecule has 4 heterocycles. The molecule has 3 aliphatic rings. The van der Waals surface area contributed by atoms with Gasteiger partial charge in [0.25, 0.3) is 0 Å². The number of hydrogen-bond donors (Lipinski definition) is 2. The standard InChI is InChI=1S/C25H33N7O2/c1-14-12-28-29-15(2)23(14)16(3)34-22-9-19-20(10-21(22)33-4)30-31-24(19)18-8-17(11-26)25(27-13-18)32-6-5-7-32/h8,12-13,16,19-22,24,30-31H,5-7,9-10H2,1-4H3/t16-,19?,20?,21?,22?,24?/m1/s1. The number of pyridine rings is 1. The molecule has 9 nitrogen and oxygen atoms in total. The molecule has 9 heteroatoms. The first-order chi connectivity index (χ1) is 16.5. The Hall–Kier alpha value is -2.64. The molecular weight excluding hydrogens is 430 g/mol. The number of methoxy groups -OCH3 is 1. The SMILES string of the molecule is COC1CC2NNC(c3cnc(N4CCC4)c(C#N)c3)C2CC1O[C@H](C)c1c(C)cnnc1C. The average molecular weight is 464 g/mol. The Morgan fingerprint density at radius 1 is 1.18 bits per heavy atom. The van der Waals surface area contributed by atoms with E-state index >= 15 is 0 Å². The van der Waals surface area contributed by atoms with E-state index in [1.807, 2.05) is 26.1 Å². The molecule has 1 saturated carbocycles. The summed E-state index contributed by atoms with van der Waals surface area (Å²) in [6.07, 6.45) is 6.38. The highest BCUT2D eigenvalue weighted by atomic mass is 16.5. The highest BCUT2D eigenvalue weighted by Gasteiger charge is 2.46. The third-order valence-electron chi connectivity index (χ3n) is 7.66. The summed E-state index contributed by atoms with van der Waals surface area (Å²) in [7, 11) is 1.76. The monoisotopic (exact) mass is 463 g/mol. The second-order valence-corrected chi connectivity index (χ2v) is 9.72. The minimum atomic E-state index is -0.113. The fraction of sp³-hybridized carbons (Fsp3) is 0.600. The summed E-state index contributed by atoms with van der Waals surface area (Å²) in [6.45, 7) is 8.04. The maximum absolute atomic E-state index is 9.75. The third kappa shape index (κ3) is 4.16. The summed E-state index contributed by atoms with van der Waals surface area (Å²) < 4.78 is 12.5. The first-order valence-corrected chi connectivity index (χ1v) is 12.1. The molecule has 0 aromatic carbocycles. The van der Waals surface area contributed by atoms with Crippen LogP contribution in [0.25, 0.3) is 0 Å². The Morgan fingerprint density at radius 2 is 2.00 bits per heavy atom. The van der Waals surface area contributed by atoms with Crippen molar-refractivity contribution in [3.8, 4) is 6.07 Å². The second kappa shape index (κ2) is 9.55. The first kappa shape index (κ1) is 23.1. The van der Waals surface area contributed by atoms with Crippen LogP contribution in [0.2, 0.25) is 0 Å². The molecule has 1 aliphatic carbocycles. The van der Waals surface area contributed by atoms with Crippen molar-refractivity contribution in [3.05, 3.63) is 46.4 Å². The van der Waals surface area contributed by atoms with Crippen LogP contribution in [-0.2, 0) is 9.47 Å². The van der Waals surface area contributed by atoms with Crippen LogP contribution in [0.5, 0.6) is 0 Å². The van der Waals surface area contributed by atoms with Crippen LogP contribution in [0.1, 0.15) is 66.3 Å². The van der Waals surface area contributed by atoms with Gasteiger partial charge in [-0.05, 0) is 63.1 Å². The largest absolute Gasteiger partial charge is 0.379 e. The Kier molecular flexibility index (Phi) is 6.49. The summed E-state index contributed by atoms with van der Waals surface area (Å²) in [6, 6.07) is 4.67. The van der Waals surface area contributed by atoms with Crippen molar-refractivity contribution in [1.82, 2.24) is 26.0 Å². The zero-order valence-corrected chi connectivity index (χ0v) is 20.3. The average Bonchev–Trinajstić information content (AvgIpc) is 3.20. The van der Waals surface area contributed by atoms with Crippen molar-refractivity contribution in [2.24, 2.45) is 5.92 Å². The number of aromatic nitrogens is 3. The van der Waals surface area contributed by atoms with Crippen LogP contribution in [0.15, 0.2) is 18.5 Å². The number of nitrogens with one attached hydrogen (secondary N) is 2. The van der Waals surface area contributed by atoms with Crippen LogP contribution < -0.4 is 15.8 Å². The highest BCUT2D eigenvalue weighted by molar-refractivity contribution is 5.56. The van der Waals surface area contributed by atoms with E-state index in [2.05, 4.69) is 43.9 Å². The molecule has 3 fully saturated rings. The lowest BCUT2D eigenvalue weighted by Crippen LogP contribution is -2.47. The van der Waals surface area contributed by atoms with Gasteiger partial charge < -0.3 is 14.4 Å². The number of nitriles is 1.